The van der Waals surface area contributed by atoms with Crippen molar-refractivity contribution in [3.63, 3.8) is 0 Å². The van der Waals surface area contributed by atoms with E-state index >= 15 is 0 Å². The quantitative estimate of drug-likeness (QED) is 0.657. The summed E-state index contributed by atoms with van der Waals surface area (Å²) in [7, 11) is 1.70. The van der Waals surface area contributed by atoms with Gasteiger partial charge in [0.05, 0.1) is 11.6 Å². The highest BCUT2D eigenvalue weighted by Gasteiger charge is 2.23. The van der Waals surface area contributed by atoms with Gasteiger partial charge in [-0.1, -0.05) is 24.3 Å². The molecule has 0 saturated carbocycles. The number of aliphatic imine (C=N–C) groups is 1. The summed E-state index contributed by atoms with van der Waals surface area (Å²) in [6, 6.07) is 17.0. The predicted octanol–water partition coefficient (Wildman–Crippen LogP) is 2.64. The maximum atomic E-state index is 14.0. The summed E-state index contributed by atoms with van der Waals surface area (Å²) in [6.45, 7) is 2.20. The van der Waals surface area contributed by atoms with Crippen LogP contribution in [0.15, 0.2) is 53.5 Å². The highest BCUT2D eigenvalue weighted by atomic mass is 19.1. The van der Waals surface area contributed by atoms with Crippen molar-refractivity contribution in [2.45, 2.75) is 19.0 Å². The molecule has 1 atom stereocenters. The molecule has 0 spiro atoms. The summed E-state index contributed by atoms with van der Waals surface area (Å²) in [4.78, 5) is 6.57. The topological polar surface area (TPSA) is 63.5 Å². The lowest BCUT2D eigenvalue weighted by molar-refractivity contribution is 0.600. The third kappa shape index (κ3) is 4.31. The summed E-state index contributed by atoms with van der Waals surface area (Å²) >= 11 is 0. The molecule has 0 aliphatic carbocycles. The first kappa shape index (κ1) is 17.7. The molecule has 1 unspecified atom stereocenters. The SMILES string of the molecule is CN=C(NCc1ccc(C#N)cc1F)NC1CCN(c2ccccc2)C1. The van der Waals surface area contributed by atoms with Crippen LogP contribution in [0.3, 0.4) is 0 Å². The molecule has 2 aromatic carbocycles. The summed E-state index contributed by atoms with van der Waals surface area (Å²) in [5.41, 5.74) is 2.05. The molecule has 3 rings (SSSR count). The lowest BCUT2D eigenvalue weighted by Gasteiger charge is -2.20. The number of nitrogens with zero attached hydrogens (tertiary/aromatic N) is 3. The zero-order valence-electron chi connectivity index (χ0n) is 14.7. The van der Waals surface area contributed by atoms with E-state index in [9.17, 15) is 4.39 Å². The normalized spacial score (nSPS) is 17.0. The molecule has 26 heavy (non-hydrogen) atoms. The number of benzene rings is 2. The number of guanidine groups is 1. The third-order valence-corrected chi connectivity index (χ3v) is 4.50. The van der Waals surface area contributed by atoms with Gasteiger partial charge in [-0.15, -0.1) is 0 Å². The zero-order chi connectivity index (χ0) is 18.4. The molecule has 0 aromatic heterocycles. The highest BCUT2D eigenvalue weighted by Crippen LogP contribution is 2.19. The Morgan fingerprint density at radius 3 is 2.81 bits per heavy atom. The van der Waals surface area contributed by atoms with Crippen molar-refractivity contribution in [3.05, 3.63) is 65.5 Å². The van der Waals surface area contributed by atoms with E-state index in [1.807, 2.05) is 24.3 Å². The second-order valence-corrected chi connectivity index (χ2v) is 6.26. The van der Waals surface area contributed by atoms with Gasteiger partial charge >= 0.3 is 0 Å². The monoisotopic (exact) mass is 351 g/mol. The van der Waals surface area contributed by atoms with E-state index in [4.69, 9.17) is 5.26 Å². The summed E-state index contributed by atoms with van der Waals surface area (Å²) in [5.74, 6) is 0.261. The summed E-state index contributed by atoms with van der Waals surface area (Å²) < 4.78 is 14.0. The minimum absolute atomic E-state index is 0.284. The smallest absolute Gasteiger partial charge is 0.191 e. The van der Waals surface area contributed by atoms with Gasteiger partial charge in [-0.25, -0.2) is 4.39 Å². The number of para-hydroxylation sites is 1. The summed E-state index contributed by atoms with van der Waals surface area (Å²) in [6.07, 6.45) is 1.01. The second-order valence-electron chi connectivity index (χ2n) is 6.26. The number of nitriles is 1. The Hall–Kier alpha value is -3.07. The molecule has 0 bridgehead atoms. The first-order chi connectivity index (χ1) is 12.7. The Morgan fingerprint density at radius 2 is 2.12 bits per heavy atom. The second kappa shape index (κ2) is 8.34. The van der Waals surface area contributed by atoms with Crippen LogP contribution in [0, 0.1) is 17.1 Å². The van der Waals surface area contributed by atoms with Crippen LogP contribution >= 0.6 is 0 Å². The van der Waals surface area contributed by atoms with Crippen LogP contribution in [0.1, 0.15) is 17.5 Å². The van der Waals surface area contributed by atoms with Gasteiger partial charge in [0, 0.05) is 44.0 Å². The van der Waals surface area contributed by atoms with Gasteiger partial charge in [-0.3, -0.25) is 4.99 Å². The van der Waals surface area contributed by atoms with Crippen molar-refractivity contribution in [2.24, 2.45) is 4.99 Å². The number of rotatable bonds is 4. The van der Waals surface area contributed by atoms with Crippen molar-refractivity contribution in [2.75, 3.05) is 25.0 Å². The number of halogens is 1. The Balaban J connectivity index is 1.53. The number of hydrogen-bond acceptors (Lipinski definition) is 3. The Morgan fingerprint density at radius 1 is 1.31 bits per heavy atom. The molecule has 134 valence electrons. The molecule has 2 aromatic rings. The van der Waals surface area contributed by atoms with Crippen LogP contribution < -0.4 is 15.5 Å². The van der Waals surface area contributed by atoms with Crippen LogP contribution in [0.25, 0.3) is 0 Å². The molecule has 1 aliphatic rings. The lowest BCUT2D eigenvalue weighted by atomic mass is 10.1. The van der Waals surface area contributed by atoms with Crippen molar-refractivity contribution in [3.8, 4) is 6.07 Å². The minimum atomic E-state index is -0.386. The Kier molecular flexibility index (Phi) is 5.69. The highest BCUT2D eigenvalue weighted by molar-refractivity contribution is 5.80. The molecule has 6 heteroatoms. The van der Waals surface area contributed by atoms with Gasteiger partial charge < -0.3 is 15.5 Å². The zero-order valence-corrected chi connectivity index (χ0v) is 14.7. The van der Waals surface area contributed by atoms with E-state index in [1.54, 1.807) is 19.2 Å². The maximum absolute atomic E-state index is 14.0. The third-order valence-electron chi connectivity index (χ3n) is 4.50. The molecule has 0 amide bonds. The molecular weight excluding hydrogens is 329 g/mol. The maximum Gasteiger partial charge on any atom is 0.191 e. The van der Waals surface area contributed by atoms with Crippen molar-refractivity contribution in [1.29, 1.82) is 5.26 Å². The molecule has 1 heterocycles. The molecule has 1 saturated heterocycles. The van der Waals surface area contributed by atoms with Crippen LogP contribution in [0.5, 0.6) is 0 Å². The number of anilines is 1. The van der Waals surface area contributed by atoms with Gasteiger partial charge in [0.1, 0.15) is 5.82 Å². The molecule has 2 N–H and O–H groups in total. The molecular formula is C20H22FN5. The first-order valence-electron chi connectivity index (χ1n) is 8.65. The Labute approximate surface area is 153 Å². The van der Waals surface area contributed by atoms with E-state index < -0.39 is 0 Å². The fraction of sp³-hybridized carbons (Fsp3) is 0.300. The molecule has 1 aliphatic heterocycles. The van der Waals surface area contributed by atoms with E-state index in [0.29, 0.717) is 23.6 Å². The van der Waals surface area contributed by atoms with E-state index in [1.165, 1.54) is 11.8 Å². The van der Waals surface area contributed by atoms with E-state index in [-0.39, 0.29) is 11.9 Å². The van der Waals surface area contributed by atoms with E-state index in [0.717, 1.165) is 19.5 Å². The molecule has 5 nitrogen and oxygen atoms in total. The number of hydrogen-bond donors (Lipinski definition) is 2. The molecule has 1 fully saturated rings. The fourth-order valence-corrected chi connectivity index (χ4v) is 3.08. The van der Waals surface area contributed by atoms with Crippen LogP contribution in [-0.4, -0.2) is 32.1 Å². The van der Waals surface area contributed by atoms with E-state index in [2.05, 4.69) is 32.7 Å². The van der Waals surface area contributed by atoms with Crippen LogP contribution in [0.2, 0.25) is 0 Å². The Bertz CT molecular complexity index is 813. The lowest BCUT2D eigenvalue weighted by Crippen LogP contribution is -2.44. The van der Waals surface area contributed by atoms with Gasteiger partial charge in [0.25, 0.3) is 0 Å². The summed E-state index contributed by atoms with van der Waals surface area (Å²) in [5, 5.41) is 15.3. The largest absolute Gasteiger partial charge is 0.369 e. The minimum Gasteiger partial charge on any atom is -0.369 e. The van der Waals surface area contributed by atoms with Crippen molar-refractivity contribution < 1.29 is 4.39 Å². The average Bonchev–Trinajstić information content (AvgIpc) is 3.15. The standard InChI is InChI=1S/C20H22FN5/c1-23-20(24-13-16-8-7-15(12-22)11-19(16)21)25-17-9-10-26(14-17)18-5-3-2-4-6-18/h2-8,11,17H,9-10,13-14H2,1H3,(H2,23,24,25). The van der Waals surface area contributed by atoms with Crippen LogP contribution in [0.4, 0.5) is 10.1 Å². The van der Waals surface area contributed by atoms with Crippen molar-refractivity contribution >= 4 is 11.6 Å². The first-order valence-corrected chi connectivity index (χ1v) is 8.65. The van der Waals surface area contributed by atoms with Gasteiger partial charge in [0.2, 0.25) is 0 Å². The van der Waals surface area contributed by atoms with Crippen LogP contribution in [-0.2, 0) is 6.54 Å². The van der Waals surface area contributed by atoms with Crippen molar-refractivity contribution in [1.82, 2.24) is 10.6 Å². The average molecular weight is 351 g/mol. The fourth-order valence-electron chi connectivity index (χ4n) is 3.08. The van der Waals surface area contributed by atoms with Gasteiger partial charge in [0.15, 0.2) is 5.96 Å². The van der Waals surface area contributed by atoms with Gasteiger partial charge in [-0.05, 0) is 30.7 Å². The number of nitrogens with one attached hydrogen (secondary N) is 2. The predicted molar refractivity (Wildman–Crippen MR) is 102 cm³/mol. The van der Waals surface area contributed by atoms with Gasteiger partial charge in [-0.2, -0.15) is 5.26 Å². The molecule has 0 radical (unpaired) electrons.